The summed E-state index contributed by atoms with van der Waals surface area (Å²) in [7, 11) is 0. The first-order valence-corrected chi connectivity index (χ1v) is 29.4. The van der Waals surface area contributed by atoms with E-state index >= 15 is 0 Å². The second-order valence-corrected chi connectivity index (χ2v) is 19.1. The molecule has 0 saturated carbocycles. The maximum Gasteiger partial charge on any atom is 0.306 e. The van der Waals surface area contributed by atoms with Crippen LogP contribution in [0.2, 0.25) is 0 Å². The highest BCUT2D eigenvalue weighted by atomic mass is 16.6. The molecule has 0 saturated heterocycles. The number of rotatable bonds is 52. The molecule has 6 nitrogen and oxygen atoms in total. The van der Waals surface area contributed by atoms with Gasteiger partial charge in [0.15, 0.2) is 6.10 Å². The molecule has 0 N–H and O–H groups in total. The fourth-order valence-corrected chi connectivity index (χ4v) is 7.93. The summed E-state index contributed by atoms with van der Waals surface area (Å²) in [4.78, 5) is 38.1. The maximum atomic E-state index is 12.8. The Morgan fingerprint density at radius 1 is 0.296 bits per heavy atom. The molecule has 0 amide bonds. The quantitative estimate of drug-likeness (QED) is 0.0261. The van der Waals surface area contributed by atoms with E-state index in [1.54, 1.807) is 0 Å². The van der Waals surface area contributed by atoms with Gasteiger partial charge in [-0.2, -0.15) is 0 Å². The summed E-state index contributed by atoms with van der Waals surface area (Å²) >= 11 is 0. The van der Waals surface area contributed by atoms with Crippen molar-refractivity contribution in [3.05, 3.63) is 109 Å². The smallest absolute Gasteiger partial charge is 0.306 e. The molecule has 0 aliphatic carbocycles. The average Bonchev–Trinajstić information content (AvgIpc) is 3.37. The van der Waals surface area contributed by atoms with Crippen LogP contribution in [0.4, 0.5) is 0 Å². The molecule has 0 aliphatic rings. The predicted octanol–water partition coefficient (Wildman–Crippen LogP) is 19.9. The highest BCUT2D eigenvalue weighted by Crippen LogP contribution is 2.15. The monoisotopic (exact) mass is 985 g/mol. The van der Waals surface area contributed by atoms with Gasteiger partial charge in [0.1, 0.15) is 13.2 Å². The van der Waals surface area contributed by atoms with E-state index in [-0.39, 0.29) is 31.1 Å². The number of unbranched alkanes of at least 4 members (excludes halogenated alkanes) is 23. The summed E-state index contributed by atoms with van der Waals surface area (Å²) in [6.07, 6.45) is 79.4. The lowest BCUT2D eigenvalue weighted by atomic mass is 10.1. The normalized spacial score (nSPS) is 12.9. The van der Waals surface area contributed by atoms with Gasteiger partial charge >= 0.3 is 17.9 Å². The fourth-order valence-electron chi connectivity index (χ4n) is 7.93. The van der Waals surface area contributed by atoms with Crippen molar-refractivity contribution in [2.75, 3.05) is 13.2 Å². The molecular weight excluding hydrogens is 877 g/mol. The second-order valence-electron chi connectivity index (χ2n) is 19.1. The van der Waals surface area contributed by atoms with Gasteiger partial charge < -0.3 is 14.2 Å². The number of esters is 3. The molecule has 0 rings (SSSR count). The van der Waals surface area contributed by atoms with E-state index < -0.39 is 6.10 Å². The van der Waals surface area contributed by atoms with Gasteiger partial charge in [0.2, 0.25) is 0 Å². The van der Waals surface area contributed by atoms with E-state index in [1.165, 1.54) is 89.9 Å². The van der Waals surface area contributed by atoms with Crippen LogP contribution in [0.25, 0.3) is 0 Å². The molecule has 6 heteroatoms. The molecule has 71 heavy (non-hydrogen) atoms. The lowest BCUT2D eigenvalue weighted by molar-refractivity contribution is -0.167. The topological polar surface area (TPSA) is 78.9 Å². The first kappa shape index (κ1) is 67.1. The molecule has 404 valence electrons. The van der Waals surface area contributed by atoms with Crippen LogP contribution < -0.4 is 0 Å². The van der Waals surface area contributed by atoms with Crippen molar-refractivity contribution in [1.82, 2.24) is 0 Å². The number of carbonyl (C=O) groups is 3. The van der Waals surface area contributed by atoms with Gasteiger partial charge in [-0.3, -0.25) is 14.4 Å². The van der Waals surface area contributed by atoms with E-state index in [0.29, 0.717) is 19.3 Å². The Labute approximate surface area is 438 Å². The summed E-state index contributed by atoms with van der Waals surface area (Å²) < 4.78 is 16.8. The zero-order valence-corrected chi connectivity index (χ0v) is 46.2. The molecule has 0 bridgehead atoms. The van der Waals surface area contributed by atoms with E-state index in [0.717, 1.165) is 135 Å². The third-order valence-electron chi connectivity index (χ3n) is 12.3. The third kappa shape index (κ3) is 56.9. The zero-order chi connectivity index (χ0) is 51.4. The molecule has 0 aromatic carbocycles. The number of hydrogen-bond acceptors (Lipinski definition) is 6. The minimum atomic E-state index is -0.788. The summed E-state index contributed by atoms with van der Waals surface area (Å²) in [5.74, 6) is -0.907. The van der Waals surface area contributed by atoms with Crippen LogP contribution in [-0.2, 0) is 28.6 Å². The zero-order valence-electron chi connectivity index (χ0n) is 46.2. The Morgan fingerprint density at radius 2 is 0.549 bits per heavy atom. The standard InChI is InChI=1S/C65H108O6/c1-4-7-10-13-16-19-21-23-25-27-29-30-31-32-33-34-36-37-39-41-43-46-49-52-55-58-64(67)70-61-62(60-69-63(66)57-54-51-48-45-18-15-12-9-6-3)71-65(68)59-56-53-50-47-44-42-40-38-35-28-26-24-22-20-17-14-11-8-5-2/h7-8,10-11,16-17,19-20,23-26,29-30,32-33,35,38,62H,4-6,9,12-15,18,21-22,27-28,31,34,36-37,39-61H2,1-3H3/b10-7-,11-8-,19-16-,20-17-,25-23-,26-24-,30-29-,33-32-,38-35-. The molecule has 0 radical (unpaired) electrons. The SMILES string of the molecule is CC/C=C\C/C=C\C/C=C\C/C=C\C/C=C\CCCCCCCCCCCC(=O)OCC(COC(=O)CCCCCCCCCCC)OC(=O)CCCCCCCC/C=C\C/C=C\C/C=C\C/C=C\CC. The van der Waals surface area contributed by atoms with Crippen molar-refractivity contribution in [3.8, 4) is 0 Å². The summed E-state index contributed by atoms with van der Waals surface area (Å²) in [6, 6.07) is 0. The summed E-state index contributed by atoms with van der Waals surface area (Å²) in [5, 5.41) is 0. The van der Waals surface area contributed by atoms with Crippen molar-refractivity contribution in [1.29, 1.82) is 0 Å². The van der Waals surface area contributed by atoms with E-state index in [2.05, 4.69) is 130 Å². The molecule has 0 aromatic heterocycles. The van der Waals surface area contributed by atoms with Gasteiger partial charge in [-0.1, -0.05) is 252 Å². The highest BCUT2D eigenvalue weighted by Gasteiger charge is 2.19. The molecule has 0 aromatic rings. The molecule has 0 spiro atoms. The van der Waals surface area contributed by atoms with Crippen molar-refractivity contribution >= 4 is 17.9 Å². The summed E-state index contributed by atoms with van der Waals surface area (Å²) in [5.41, 5.74) is 0. The Kier molecular flexibility index (Phi) is 55.4. The van der Waals surface area contributed by atoms with E-state index in [1.807, 2.05) is 0 Å². The highest BCUT2D eigenvalue weighted by molar-refractivity contribution is 5.71. The van der Waals surface area contributed by atoms with Gasteiger partial charge in [-0.05, 0) is 103 Å². The van der Waals surface area contributed by atoms with Crippen LogP contribution in [0.1, 0.15) is 265 Å². The van der Waals surface area contributed by atoms with Crippen molar-refractivity contribution in [2.24, 2.45) is 0 Å². The molecule has 0 heterocycles. The second kappa shape index (κ2) is 58.6. The van der Waals surface area contributed by atoms with E-state index in [4.69, 9.17) is 14.2 Å². The Morgan fingerprint density at radius 3 is 0.859 bits per heavy atom. The first-order chi connectivity index (χ1) is 35.0. The van der Waals surface area contributed by atoms with Crippen LogP contribution in [0, 0.1) is 0 Å². The molecular formula is C65H108O6. The number of ether oxygens (including phenoxy) is 3. The van der Waals surface area contributed by atoms with Gasteiger partial charge in [-0.25, -0.2) is 0 Å². The van der Waals surface area contributed by atoms with Crippen LogP contribution in [0.3, 0.4) is 0 Å². The molecule has 1 atom stereocenters. The van der Waals surface area contributed by atoms with Crippen molar-refractivity contribution in [3.63, 3.8) is 0 Å². The number of carbonyl (C=O) groups excluding carboxylic acids is 3. The molecule has 0 aliphatic heterocycles. The number of hydrogen-bond donors (Lipinski definition) is 0. The predicted molar refractivity (Wildman–Crippen MR) is 307 cm³/mol. The van der Waals surface area contributed by atoms with Crippen LogP contribution in [0.5, 0.6) is 0 Å². The Balaban J connectivity index is 4.29. The molecule has 0 fully saturated rings. The van der Waals surface area contributed by atoms with Crippen LogP contribution in [0.15, 0.2) is 109 Å². The van der Waals surface area contributed by atoms with Crippen LogP contribution in [-0.4, -0.2) is 37.2 Å². The number of allylic oxidation sites excluding steroid dienone is 18. The minimum absolute atomic E-state index is 0.0854. The van der Waals surface area contributed by atoms with Crippen molar-refractivity contribution < 1.29 is 28.6 Å². The largest absolute Gasteiger partial charge is 0.462 e. The lowest BCUT2D eigenvalue weighted by Gasteiger charge is -2.18. The molecule has 1 unspecified atom stereocenters. The van der Waals surface area contributed by atoms with Gasteiger partial charge in [-0.15, -0.1) is 0 Å². The Hall–Kier alpha value is -3.93. The van der Waals surface area contributed by atoms with Gasteiger partial charge in [0, 0.05) is 19.3 Å². The first-order valence-electron chi connectivity index (χ1n) is 29.4. The maximum absolute atomic E-state index is 12.8. The lowest BCUT2D eigenvalue weighted by Crippen LogP contribution is -2.30. The van der Waals surface area contributed by atoms with E-state index in [9.17, 15) is 14.4 Å². The van der Waals surface area contributed by atoms with Gasteiger partial charge in [0.05, 0.1) is 0 Å². The van der Waals surface area contributed by atoms with Gasteiger partial charge in [0.25, 0.3) is 0 Å². The average molecular weight is 986 g/mol. The minimum Gasteiger partial charge on any atom is -0.462 e. The van der Waals surface area contributed by atoms with Crippen molar-refractivity contribution in [2.45, 2.75) is 271 Å². The summed E-state index contributed by atoms with van der Waals surface area (Å²) in [6.45, 7) is 6.38. The Bertz CT molecular complexity index is 1460. The fraction of sp³-hybridized carbons (Fsp3) is 0.677. The third-order valence-corrected chi connectivity index (χ3v) is 12.3. The van der Waals surface area contributed by atoms with Crippen LogP contribution >= 0.6 is 0 Å².